The quantitative estimate of drug-likeness (QED) is 0.818. The van der Waals surface area contributed by atoms with E-state index in [1.165, 1.54) is 12.1 Å². The van der Waals surface area contributed by atoms with Crippen molar-refractivity contribution < 1.29 is 18.3 Å². The normalized spacial score (nSPS) is 14.2. The van der Waals surface area contributed by atoms with Crippen molar-refractivity contribution in [2.75, 3.05) is 13.2 Å². The van der Waals surface area contributed by atoms with Gasteiger partial charge in [0, 0.05) is 6.54 Å². The van der Waals surface area contributed by atoms with Crippen LogP contribution in [0.25, 0.3) is 0 Å². The monoisotopic (exact) mass is 285 g/mol. The SMILES string of the molecule is CCOC(=O)C(CN)(Cc1cccc(F)c1F)C(C)C. The minimum atomic E-state index is -1.05. The van der Waals surface area contributed by atoms with Gasteiger partial charge >= 0.3 is 5.97 Å². The third-order valence-corrected chi connectivity index (χ3v) is 3.69. The Labute approximate surface area is 118 Å². The highest BCUT2D eigenvalue weighted by Crippen LogP contribution is 2.33. The highest BCUT2D eigenvalue weighted by atomic mass is 19.2. The van der Waals surface area contributed by atoms with E-state index >= 15 is 0 Å². The molecule has 0 saturated heterocycles. The van der Waals surface area contributed by atoms with E-state index in [1.54, 1.807) is 6.92 Å². The predicted molar refractivity (Wildman–Crippen MR) is 73.0 cm³/mol. The summed E-state index contributed by atoms with van der Waals surface area (Å²) >= 11 is 0. The van der Waals surface area contributed by atoms with Crippen LogP contribution in [0, 0.1) is 23.0 Å². The Balaban J connectivity index is 3.19. The maximum Gasteiger partial charge on any atom is 0.313 e. The number of benzene rings is 1. The van der Waals surface area contributed by atoms with E-state index in [1.807, 2.05) is 13.8 Å². The Hall–Kier alpha value is -1.49. The summed E-state index contributed by atoms with van der Waals surface area (Å²) in [6.45, 7) is 5.57. The Morgan fingerprint density at radius 3 is 2.55 bits per heavy atom. The molecule has 0 bridgehead atoms. The van der Waals surface area contributed by atoms with Gasteiger partial charge in [0.05, 0.1) is 12.0 Å². The summed E-state index contributed by atoms with van der Waals surface area (Å²) in [4.78, 5) is 12.2. The van der Waals surface area contributed by atoms with Gasteiger partial charge in [0.15, 0.2) is 11.6 Å². The second-order valence-electron chi connectivity index (χ2n) is 5.13. The van der Waals surface area contributed by atoms with Crippen molar-refractivity contribution in [1.29, 1.82) is 0 Å². The highest BCUT2D eigenvalue weighted by molar-refractivity contribution is 5.78. The maximum atomic E-state index is 13.8. The van der Waals surface area contributed by atoms with Crippen LogP contribution in [0.3, 0.4) is 0 Å². The zero-order valence-electron chi connectivity index (χ0n) is 12.1. The molecular formula is C15H21F2NO2. The number of halogens is 2. The molecule has 0 aromatic heterocycles. The Morgan fingerprint density at radius 1 is 1.40 bits per heavy atom. The highest BCUT2D eigenvalue weighted by Gasteiger charge is 2.42. The number of hydrogen-bond donors (Lipinski definition) is 1. The molecule has 0 spiro atoms. The van der Waals surface area contributed by atoms with E-state index in [-0.39, 0.29) is 31.1 Å². The molecular weight excluding hydrogens is 264 g/mol. The van der Waals surface area contributed by atoms with Gasteiger partial charge in [-0.2, -0.15) is 0 Å². The predicted octanol–water partition coefficient (Wildman–Crippen LogP) is 2.67. The summed E-state index contributed by atoms with van der Waals surface area (Å²) in [5.41, 5.74) is 4.84. The van der Waals surface area contributed by atoms with Gasteiger partial charge in [-0.3, -0.25) is 4.79 Å². The van der Waals surface area contributed by atoms with Crippen LogP contribution in [0.5, 0.6) is 0 Å². The lowest BCUT2D eigenvalue weighted by atomic mass is 9.72. The molecule has 1 aromatic carbocycles. The van der Waals surface area contributed by atoms with Crippen LogP contribution in [0.1, 0.15) is 26.3 Å². The van der Waals surface area contributed by atoms with Gasteiger partial charge in [0.2, 0.25) is 0 Å². The number of hydrogen-bond acceptors (Lipinski definition) is 3. The van der Waals surface area contributed by atoms with Crippen molar-refractivity contribution in [2.45, 2.75) is 27.2 Å². The van der Waals surface area contributed by atoms with Gasteiger partial charge in [0.25, 0.3) is 0 Å². The zero-order valence-corrected chi connectivity index (χ0v) is 12.1. The first-order valence-corrected chi connectivity index (χ1v) is 6.69. The molecule has 1 unspecified atom stereocenters. The van der Waals surface area contributed by atoms with Gasteiger partial charge in [-0.25, -0.2) is 8.78 Å². The lowest BCUT2D eigenvalue weighted by Crippen LogP contribution is -2.46. The number of ether oxygens (including phenoxy) is 1. The van der Waals surface area contributed by atoms with Crippen LogP contribution in [0.2, 0.25) is 0 Å². The second-order valence-corrected chi connectivity index (χ2v) is 5.13. The molecule has 112 valence electrons. The number of esters is 1. The van der Waals surface area contributed by atoms with E-state index in [9.17, 15) is 13.6 Å². The number of carbonyl (C=O) groups excluding carboxylic acids is 1. The Bertz CT molecular complexity index is 477. The van der Waals surface area contributed by atoms with Gasteiger partial charge in [-0.05, 0) is 30.9 Å². The Morgan fingerprint density at radius 2 is 2.05 bits per heavy atom. The minimum absolute atomic E-state index is 0.0133. The summed E-state index contributed by atoms with van der Waals surface area (Å²) in [5, 5.41) is 0. The second kappa shape index (κ2) is 6.79. The zero-order chi connectivity index (χ0) is 15.3. The summed E-state index contributed by atoms with van der Waals surface area (Å²) in [6, 6.07) is 3.92. The smallest absolute Gasteiger partial charge is 0.313 e. The fourth-order valence-corrected chi connectivity index (χ4v) is 2.20. The van der Waals surface area contributed by atoms with E-state index < -0.39 is 23.0 Å². The van der Waals surface area contributed by atoms with E-state index in [0.29, 0.717) is 0 Å². The van der Waals surface area contributed by atoms with Gasteiger partial charge in [0.1, 0.15) is 0 Å². The molecule has 0 aliphatic carbocycles. The molecule has 0 aliphatic rings. The van der Waals surface area contributed by atoms with Crippen molar-refractivity contribution >= 4 is 5.97 Å². The van der Waals surface area contributed by atoms with Gasteiger partial charge < -0.3 is 10.5 Å². The van der Waals surface area contributed by atoms with Gasteiger partial charge in [-0.1, -0.05) is 26.0 Å². The molecule has 1 atom stereocenters. The van der Waals surface area contributed by atoms with Crippen LogP contribution in [-0.4, -0.2) is 19.1 Å². The van der Waals surface area contributed by atoms with E-state index in [2.05, 4.69) is 0 Å². The van der Waals surface area contributed by atoms with Crippen LogP contribution in [-0.2, 0) is 16.0 Å². The topological polar surface area (TPSA) is 52.3 Å². The van der Waals surface area contributed by atoms with Crippen molar-refractivity contribution in [2.24, 2.45) is 17.1 Å². The van der Waals surface area contributed by atoms with Crippen LogP contribution in [0.15, 0.2) is 18.2 Å². The maximum absolute atomic E-state index is 13.8. The van der Waals surface area contributed by atoms with Crippen LogP contribution in [0.4, 0.5) is 8.78 Å². The summed E-state index contributed by atoms with van der Waals surface area (Å²) in [7, 11) is 0. The van der Waals surface area contributed by atoms with Crippen molar-refractivity contribution in [3.05, 3.63) is 35.4 Å². The first-order chi connectivity index (χ1) is 9.39. The fourth-order valence-electron chi connectivity index (χ4n) is 2.20. The third-order valence-electron chi connectivity index (χ3n) is 3.69. The molecule has 2 N–H and O–H groups in total. The van der Waals surface area contributed by atoms with Crippen molar-refractivity contribution in [3.63, 3.8) is 0 Å². The molecule has 3 nitrogen and oxygen atoms in total. The lowest BCUT2D eigenvalue weighted by Gasteiger charge is -2.34. The first kappa shape index (κ1) is 16.6. The average molecular weight is 285 g/mol. The van der Waals surface area contributed by atoms with E-state index in [4.69, 9.17) is 10.5 Å². The standard InChI is InChI=1S/C15H21F2NO2/c1-4-20-14(19)15(9-18,10(2)3)8-11-6-5-7-12(16)13(11)17/h5-7,10H,4,8-9,18H2,1-3H3. The Kier molecular flexibility index (Phi) is 5.62. The molecule has 20 heavy (non-hydrogen) atoms. The largest absolute Gasteiger partial charge is 0.466 e. The minimum Gasteiger partial charge on any atom is -0.466 e. The molecule has 5 heteroatoms. The molecule has 0 fully saturated rings. The van der Waals surface area contributed by atoms with E-state index in [0.717, 1.165) is 6.07 Å². The average Bonchev–Trinajstić information content (AvgIpc) is 2.40. The summed E-state index contributed by atoms with van der Waals surface area (Å²) in [6.07, 6.45) is 0.0175. The van der Waals surface area contributed by atoms with Crippen LogP contribution >= 0.6 is 0 Å². The molecule has 0 amide bonds. The molecule has 0 saturated carbocycles. The van der Waals surface area contributed by atoms with Crippen molar-refractivity contribution in [3.8, 4) is 0 Å². The van der Waals surface area contributed by atoms with Crippen LogP contribution < -0.4 is 5.73 Å². The summed E-state index contributed by atoms with van der Waals surface area (Å²) in [5.74, 6) is -2.49. The van der Waals surface area contributed by atoms with Gasteiger partial charge in [-0.15, -0.1) is 0 Å². The number of carbonyl (C=O) groups is 1. The number of nitrogens with two attached hydrogens (primary N) is 1. The first-order valence-electron chi connectivity index (χ1n) is 6.69. The molecule has 0 heterocycles. The molecule has 1 aromatic rings. The van der Waals surface area contributed by atoms with Crippen molar-refractivity contribution in [1.82, 2.24) is 0 Å². The summed E-state index contributed by atoms with van der Waals surface area (Å²) < 4.78 is 32.2. The number of rotatable bonds is 6. The fraction of sp³-hybridized carbons (Fsp3) is 0.533. The molecule has 0 radical (unpaired) electrons. The molecule has 1 rings (SSSR count). The third kappa shape index (κ3) is 3.15. The molecule has 0 aliphatic heterocycles. The lowest BCUT2D eigenvalue weighted by molar-refractivity contribution is -0.157.